The molecule has 4 rings (SSSR count). The van der Waals surface area contributed by atoms with Gasteiger partial charge in [0.2, 0.25) is 0 Å². The van der Waals surface area contributed by atoms with Crippen LogP contribution in [0.1, 0.15) is 21.1 Å². The number of amides is 1. The van der Waals surface area contributed by atoms with Crippen molar-refractivity contribution in [2.75, 3.05) is 11.9 Å². The summed E-state index contributed by atoms with van der Waals surface area (Å²) < 4.78 is 15.3. The van der Waals surface area contributed by atoms with Crippen molar-refractivity contribution >= 4 is 28.7 Å². The predicted octanol–water partition coefficient (Wildman–Crippen LogP) is 2.91. The second-order valence-corrected chi connectivity index (χ2v) is 7.06. The average molecular weight is 396 g/mol. The van der Waals surface area contributed by atoms with Crippen molar-refractivity contribution in [2.24, 2.45) is 0 Å². The highest BCUT2D eigenvalue weighted by atomic mass is 32.1. The van der Waals surface area contributed by atoms with Crippen molar-refractivity contribution in [3.05, 3.63) is 76.0 Å². The van der Waals surface area contributed by atoms with E-state index in [1.165, 1.54) is 17.0 Å². The molecule has 142 valence electrons. The number of hydrogen-bond donors (Lipinski definition) is 2. The molecule has 7 nitrogen and oxygen atoms in total. The quantitative estimate of drug-likeness (QED) is 0.502. The second-order valence-electron chi connectivity index (χ2n) is 6.02. The summed E-state index contributed by atoms with van der Waals surface area (Å²) in [6.45, 7) is 0.981. The lowest BCUT2D eigenvalue weighted by molar-refractivity contribution is 0.0950. The molecule has 0 bridgehead atoms. The zero-order chi connectivity index (χ0) is 19.3. The van der Waals surface area contributed by atoms with Gasteiger partial charge in [0.25, 0.3) is 5.91 Å². The smallest absolute Gasteiger partial charge is 0.254 e. The summed E-state index contributed by atoms with van der Waals surface area (Å²) in [5.74, 6) is 0.315. The van der Waals surface area contributed by atoms with Gasteiger partial charge in [-0.25, -0.2) is 4.39 Å². The van der Waals surface area contributed by atoms with Crippen LogP contribution in [0.3, 0.4) is 0 Å². The number of halogens is 1. The molecule has 9 heteroatoms. The lowest BCUT2D eigenvalue weighted by atomic mass is 10.2. The largest absolute Gasteiger partial charge is 0.364 e. The van der Waals surface area contributed by atoms with E-state index < -0.39 is 11.7 Å². The van der Waals surface area contributed by atoms with Crippen LogP contribution in [0.25, 0.3) is 5.65 Å². The number of thiophene rings is 1. The van der Waals surface area contributed by atoms with E-state index in [1.54, 1.807) is 28.0 Å². The number of rotatable bonds is 7. The molecule has 0 saturated heterocycles. The number of nitrogens with zero attached hydrogens (tertiary/aromatic N) is 4. The number of carbonyl (C=O) groups excluding carboxylic acids is 1. The fourth-order valence-electron chi connectivity index (χ4n) is 2.70. The van der Waals surface area contributed by atoms with Crippen LogP contribution >= 0.6 is 11.3 Å². The van der Waals surface area contributed by atoms with Crippen molar-refractivity contribution in [2.45, 2.75) is 13.0 Å². The maximum absolute atomic E-state index is 13.7. The SMILES string of the molecule is O=C(NCCc1nnc2ccc(NCc3cccs3)nn12)c1ccccc1F. The zero-order valence-electron chi connectivity index (χ0n) is 14.8. The summed E-state index contributed by atoms with van der Waals surface area (Å²) >= 11 is 1.67. The summed E-state index contributed by atoms with van der Waals surface area (Å²) in [6, 6.07) is 13.6. The van der Waals surface area contributed by atoms with Gasteiger partial charge in [0.1, 0.15) is 11.6 Å². The van der Waals surface area contributed by atoms with Crippen molar-refractivity contribution < 1.29 is 9.18 Å². The monoisotopic (exact) mass is 396 g/mol. The molecule has 0 aliphatic rings. The normalized spacial score (nSPS) is 10.9. The van der Waals surface area contributed by atoms with E-state index in [1.807, 2.05) is 23.6 Å². The van der Waals surface area contributed by atoms with E-state index in [2.05, 4.69) is 32.0 Å². The Kier molecular flexibility index (Phi) is 5.24. The van der Waals surface area contributed by atoms with E-state index in [0.29, 0.717) is 36.8 Å². The molecule has 1 aromatic carbocycles. The molecule has 0 spiro atoms. The predicted molar refractivity (Wildman–Crippen MR) is 105 cm³/mol. The number of fused-ring (bicyclic) bond motifs is 1. The Balaban J connectivity index is 1.40. The summed E-state index contributed by atoms with van der Waals surface area (Å²) in [7, 11) is 0. The van der Waals surface area contributed by atoms with Gasteiger partial charge >= 0.3 is 0 Å². The van der Waals surface area contributed by atoms with Crippen LogP contribution in [0, 0.1) is 5.82 Å². The Labute approximate surface area is 164 Å². The van der Waals surface area contributed by atoms with Crippen molar-refractivity contribution in [1.82, 2.24) is 25.1 Å². The fraction of sp³-hybridized carbons (Fsp3) is 0.158. The molecule has 3 heterocycles. The number of benzene rings is 1. The third-order valence-electron chi connectivity index (χ3n) is 4.10. The topological polar surface area (TPSA) is 84.2 Å². The summed E-state index contributed by atoms with van der Waals surface area (Å²) in [5.41, 5.74) is 0.642. The molecule has 0 aliphatic heterocycles. The molecule has 0 fully saturated rings. The van der Waals surface area contributed by atoms with Gasteiger partial charge in [-0.05, 0) is 35.7 Å². The lowest BCUT2D eigenvalue weighted by Gasteiger charge is -2.06. The Morgan fingerprint density at radius 3 is 2.82 bits per heavy atom. The molecule has 28 heavy (non-hydrogen) atoms. The van der Waals surface area contributed by atoms with Gasteiger partial charge in [0.15, 0.2) is 11.5 Å². The lowest BCUT2D eigenvalue weighted by Crippen LogP contribution is -2.27. The van der Waals surface area contributed by atoms with Gasteiger partial charge in [-0.3, -0.25) is 4.79 Å². The average Bonchev–Trinajstić information content (AvgIpc) is 3.36. The molecule has 4 aromatic rings. The second kappa shape index (κ2) is 8.13. The minimum atomic E-state index is -0.545. The number of nitrogens with one attached hydrogen (secondary N) is 2. The molecule has 0 atom stereocenters. The standard InChI is InChI=1S/C19H17FN6OS/c20-15-6-2-1-5-14(15)19(27)21-10-9-18-24-23-17-8-7-16(25-26(17)18)22-12-13-4-3-11-28-13/h1-8,11H,9-10,12H2,(H,21,27)(H,22,25). The number of anilines is 1. The molecule has 0 radical (unpaired) electrons. The Hall–Kier alpha value is -3.33. The first-order chi connectivity index (χ1) is 13.7. The molecule has 0 unspecified atom stereocenters. The first-order valence-corrected chi connectivity index (χ1v) is 9.59. The van der Waals surface area contributed by atoms with Crippen LogP contribution in [0.5, 0.6) is 0 Å². The molecular formula is C19H17FN6OS. The van der Waals surface area contributed by atoms with Crippen molar-refractivity contribution in [3.8, 4) is 0 Å². The molecule has 3 aromatic heterocycles. The van der Waals surface area contributed by atoms with Crippen LogP contribution in [-0.2, 0) is 13.0 Å². The van der Waals surface area contributed by atoms with E-state index in [0.717, 1.165) is 0 Å². The highest BCUT2D eigenvalue weighted by Crippen LogP contribution is 2.12. The summed E-state index contributed by atoms with van der Waals surface area (Å²) in [5, 5.41) is 20.7. The van der Waals surface area contributed by atoms with Crippen LogP contribution < -0.4 is 10.6 Å². The highest BCUT2D eigenvalue weighted by molar-refractivity contribution is 7.09. The molecule has 0 saturated carbocycles. The van der Waals surface area contributed by atoms with Gasteiger partial charge in [0, 0.05) is 17.8 Å². The Morgan fingerprint density at radius 2 is 2.00 bits per heavy atom. The highest BCUT2D eigenvalue weighted by Gasteiger charge is 2.12. The van der Waals surface area contributed by atoms with Gasteiger partial charge < -0.3 is 10.6 Å². The first-order valence-electron chi connectivity index (χ1n) is 8.71. The Morgan fingerprint density at radius 1 is 1.11 bits per heavy atom. The third-order valence-corrected chi connectivity index (χ3v) is 4.98. The van der Waals surface area contributed by atoms with Crippen molar-refractivity contribution in [1.29, 1.82) is 0 Å². The van der Waals surface area contributed by atoms with Gasteiger partial charge in [-0.1, -0.05) is 18.2 Å². The van der Waals surface area contributed by atoms with E-state index in [9.17, 15) is 9.18 Å². The first kappa shape index (κ1) is 18.1. The summed E-state index contributed by atoms with van der Waals surface area (Å²) in [6.07, 6.45) is 0.419. The van der Waals surface area contributed by atoms with Gasteiger partial charge in [0.05, 0.1) is 12.1 Å². The van der Waals surface area contributed by atoms with E-state index in [4.69, 9.17) is 0 Å². The molecule has 0 aliphatic carbocycles. The van der Waals surface area contributed by atoms with E-state index in [-0.39, 0.29) is 5.56 Å². The molecule has 2 N–H and O–H groups in total. The summed E-state index contributed by atoms with van der Waals surface area (Å²) in [4.78, 5) is 13.3. The van der Waals surface area contributed by atoms with Gasteiger partial charge in [-0.2, -0.15) is 4.52 Å². The Bertz CT molecular complexity index is 1090. The minimum Gasteiger partial charge on any atom is -0.364 e. The molecular weight excluding hydrogens is 379 g/mol. The fourth-order valence-corrected chi connectivity index (χ4v) is 3.35. The van der Waals surface area contributed by atoms with Crippen molar-refractivity contribution in [3.63, 3.8) is 0 Å². The number of aromatic nitrogens is 4. The van der Waals surface area contributed by atoms with E-state index >= 15 is 0 Å². The third kappa shape index (κ3) is 3.99. The van der Waals surface area contributed by atoms with Crippen LogP contribution in [0.2, 0.25) is 0 Å². The van der Waals surface area contributed by atoms with Crippen LogP contribution in [0.4, 0.5) is 10.2 Å². The number of hydrogen-bond acceptors (Lipinski definition) is 6. The maximum Gasteiger partial charge on any atom is 0.254 e. The van der Waals surface area contributed by atoms with Gasteiger partial charge in [-0.15, -0.1) is 26.6 Å². The zero-order valence-corrected chi connectivity index (χ0v) is 15.6. The number of carbonyl (C=O) groups is 1. The maximum atomic E-state index is 13.7. The minimum absolute atomic E-state index is 0.0202. The van der Waals surface area contributed by atoms with Crippen LogP contribution in [0.15, 0.2) is 53.9 Å². The molecule has 1 amide bonds. The van der Waals surface area contributed by atoms with Crippen LogP contribution in [-0.4, -0.2) is 32.3 Å².